The number of benzene rings is 3. The zero-order valence-corrected chi connectivity index (χ0v) is 24.7. The molecule has 0 unspecified atom stereocenters. The maximum Gasteiger partial charge on any atom is 0.255 e. The third-order valence-corrected chi connectivity index (χ3v) is 8.39. The SMILES string of the molecule is O=C(CN(C[C@@H]1CCCO1)C(=O)c1ccccc1Cl)N1CCN(c2ccc(-c3ccc(-c4ccccc4)cc3)nn2)CC1. The van der Waals surface area contributed by atoms with Gasteiger partial charge in [-0.3, -0.25) is 9.59 Å². The van der Waals surface area contributed by atoms with E-state index in [9.17, 15) is 9.59 Å². The molecule has 2 aliphatic rings. The predicted octanol–water partition coefficient (Wildman–Crippen LogP) is 5.43. The fraction of sp³-hybridized carbons (Fsp3) is 0.294. The topological polar surface area (TPSA) is 78.9 Å². The summed E-state index contributed by atoms with van der Waals surface area (Å²) < 4.78 is 5.78. The monoisotopic (exact) mass is 595 g/mol. The van der Waals surface area contributed by atoms with Crippen LogP contribution in [-0.4, -0.2) is 83.8 Å². The average molecular weight is 596 g/mol. The Morgan fingerprint density at radius 1 is 0.814 bits per heavy atom. The number of halogens is 1. The molecule has 9 heteroatoms. The van der Waals surface area contributed by atoms with Gasteiger partial charge in [0.25, 0.3) is 5.91 Å². The molecular formula is C34H34ClN5O3. The summed E-state index contributed by atoms with van der Waals surface area (Å²) in [6.07, 6.45) is 1.76. The molecule has 8 nitrogen and oxygen atoms in total. The molecule has 2 saturated heterocycles. The lowest BCUT2D eigenvalue weighted by atomic mass is 10.0. The first-order chi connectivity index (χ1) is 21.0. The van der Waals surface area contributed by atoms with Crippen LogP contribution in [0.5, 0.6) is 0 Å². The van der Waals surface area contributed by atoms with Gasteiger partial charge in [-0.05, 0) is 48.2 Å². The lowest BCUT2D eigenvalue weighted by Crippen LogP contribution is -2.52. The highest BCUT2D eigenvalue weighted by atomic mass is 35.5. The standard InChI is InChI=1S/C34H34ClN5O3/c35-30-11-5-4-10-29(30)34(42)40(23-28-9-6-22-43-28)24-33(41)39-20-18-38(19-21-39)32-17-16-31(36-37-32)27-14-12-26(13-15-27)25-7-2-1-3-8-25/h1-5,7-8,10-17,28H,6,9,18-24H2/t28-/m0/s1. The summed E-state index contributed by atoms with van der Waals surface area (Å²) in [6.45, 7) is 3.38. The third kappa shape index (κ3) is 6.87. The third-order valence-electron chi connectivity index (χ3n) is 8.06. The summed E-state index contributed by atoms with van der Waals surface area (Å²) in [6, 6.07) is 29.5. The summed E-state index contributed by atoms with van der Waals surface area (Å²) in [4.78, 5) is 32.3. The van der Waals surface area contributed by atoms with Crippen molar-refractivity contribution in [3.63, 3.8) is 0 Å². The molecule has 3 aromatic carbocycles. The van der Waals surface area contributed by atoms with Crippen LogP contribution in [0.4, 0.5) is 5.82 Å². The van der Waals surface area contributed by atoms with Gasteiger partial charge in [0, 0.05) is 44.9 Å². The van der Waals surface area contributed by atoms with Gasteiger partial charge in [-0.1, -0.05) is 78.3 Å². The number of hydrogen-bond acceptors (Lipinski definition) is 6. The van der Waals surface area contributed by atoms with Crippen molar-refractivity contribution in [1.82, 2.24) is 20.0 Å². The van der Waals surface area contributed by atoms with E-state index in [1.54, 1.807) is 29.2 Å². The highest BCUT2D eigenvalue weighted by molar-refractivity contribution is 6.33. The van der Waals surface area contributed by atoms with E-state index >= 15 is 0 Å². The van der Waals surface area contributed by atoms with Crippen LogP contribution >= 0.6 is 11.6 Å². The molecular weight excluding hydrogens is 562 g/mol. The van der Waals surface area contributed by atoms with Crippen molar-refractivity contribution in [1.29, 1.82) is 0 Å². The lowest BCUT2D eigenvalue weighted by Gasteiger charge is -2.36. The van der Waals surface area contributed by atoms with E-state index in [4.69, 9.17) is 16.3 Å². The zero-order chi connectivity index (χ0) is 29.6. The molecule has 43 heavy (non-hydrogen) atoms. The van der Waals surface area contributed by atoms with E-state index in [0.717, 1.165) is 35.5 Å². The van der Waals surface area contributed by atoms with Crippen molar-refractivity contribution in [3.8, 4) is 22.4 Å². The maximum absolute atomic E-state index is 13.4. The van der Waals surface area contributed by atoms with Crippen molar-refractivity contribution in [3.05, 3.63) is 102 Å². The Morgan fingerprint density at radius 3 is 2.19 bits per heavy atom. The summed E-state index contributed by atoms with van der Waals surface area (Å²) in [5.41, 5.74) is 4.55. The molecule has 2 aliphatic heterocycles. The number of aromatic nitrogens is 2. The Balaban J connectivity index is 1.06. The van der Waals surface area contributed by atoms with Crippen LogP contribution in [0.2, 0.25) is 5.02 Å². The highest BCUT2D eigenvalue weighted by Crippen LogP contribution is 2.25. The normalized spacial score (nSPS) is 16.7. The number of carbonyl (C=O) groups is 2. The number of ether oxygens (including phenoxy) is 1. The van der Waals surface area contributed by atoms with Crippen molar-refractivity contribution >= 4 is 29.2 Å². The smallest absolute Gasteiger partial charge is 0.255 e. The van der Waals surface area contributed by atoms with Crippen molar-refractivity contribution in [2.75, 3.05) is 50.8 Å². The number of anilines is 1. The molecule has 0 spiro atoms. The molecule has 220 valence electrons. The van der Waals surface area contributed by atoms with E-state index in [1.165, 1.54) is 5.56 Å². The van der Waals surface area contributed by atoms with Gasteiger partial charge >= 0.3 is 0 Å². The fourth-order valence-electron chi connectivity index (χ4n) is 5.62. The summed E-state index contributed by atoms with van der Waals surface area (Å²) in [5.74, 6) is 0.447. The Labute approximate surface area is 256 Å². The van der Waals surface area contributed by atoms with E-state index in [0.29, 0.717) is 49.9 Å². The molecule has 2 fully saturated rings. The largest absolute Gasteiger partial charge is 0.376 e. The van der Waals surface area contributed by atoms with Gasteiger partial charge in [-0.2, -0.15) is 0 Å². The van der Waals surface area contributed by atoms with E-state index < -0.39 is 0 Å². The quantitative estimate of drug-likeness (QED) is 0.270. The first kappa shape index (κ1) is 28.8. The van der Waals surface area contributed by atoms with Crippen LogP contribution in [0.1, 0.15) is 23.2 Å². The van der Waals surface area contributed by atoms with Gasteiger partial charge in [-0.15, -0.1) is 10.2 Å². The molecule has 4 aromatic rings. The van der Waals surface area contributed by atoms with E-state index in [1.807, 2.05) is 35.2 Å². The van der Waals surface area contributed by atoms with Gasteiger partial charge < -0.3 is 19.4 Å². The second-order valence-electron chi connectivity index (χ2n) is 10.9. The molecule has 1 atom stereocenters. The lowest BCUT2D eigenvalue weighted by molar-refractivity contribution is -0.132. The van der Waals surface area contributed by atoms with E-state index in [2.05, 4.69) is 51.5 Å². The molecule has 2 amide bonds. The first-order valence-electron chi connectivity index (χ1n) is 14.7. The molecule has 3 heterocycles. The second kappa shape index (κ2) is 13.4. The van der Waals surface area contributed by atoms with Gasteiger partial charge in [-0.25, -0.2) is 0 Å². The van der Waals surface area contributed by atoms with Crippen LogP contribution in [0.3, 0.4) is 0 Å². The number of piperazine rings is 1. The number of rotatable bonds is 8. The van der Waals surface area contributed by atoms with Gasteiger partial charge in [0.2, 0.25) is 5.91 Å². The number of amides is 2. The number of carbonyl (C=O) groups excluding carboxylic acids is 2. The second-order valence-corrected chi connectivity index (χ2v) is 11.3. The molecule has 0 aliphatic carbocycles. The van der Waals surface area contributed by atoms with Gasteiger partial charge in [0.1, 0.15) is 6.54 Å². The Hall–Kier alpha value is -4.27. The maximum atomic E-state index is 13.4. The molecule has 0 bridgehead atoms. The zero-order valence-electron chi connectivity index (χ0n) is 23.9. The molecule has 0 N–H and O–H groups in total. The van der Waals surface area contributed by atoms with Crippen LogP contribution in [0.25, 0.3) is 22.4 Å². The van der Waals surface area contributed by atoms with Crippen LogP contribution in [0, 0.1) is 0 Å². The summed E-state index contributed by atoms with van der Waals surface area (Å²) in [5, 5.41) is 9.36. The molecule has 6 rings (SSSR count). The molecule has 0 saturated carbocycles. The minimum absolute atomic E-state index is 0.0124. The van der Waals surface area contributed by atoms with Crippen LogP contribution < -0.4 is 4.90 Å². The minimum atomic E-state index is -0.252. The van der Waals surface area contributed by atoms with Crippen LogP contribution in [-0.2, 0) is 9.53 Å². The van der Waals surface area contributed by atoms with Crippen molar-refractivity contribution in [2.45, 2.75) is 18.9 Å². The van der Waals surface area contributed by atoms with Crippen LogP contribution in [0.15, 0.2) is 91.0 Å². The van der Waals surface area contributed by atoms with Gasteiger partial charge in [0.05, 0.1) is 22.4 Å². The molecule has 0 radical (unpaired) electrons. The van der Waals surface area contributed by atoms with Gasteiger partial charge in [0.15, 0.2) is 5.82 Å². The Morgan fingerprint density at radius 2 is 1.51 bits per heavy atom. The van der Waals surface area contributed by atoms with Crippen molar-refractivity contribution < 1.29 is 14.3 Å². The number of hydrogen-bond donors (Lipinski definition) is 0. The van der Waals surface area contributed by atoms with E-state index in [-0.39, 0.29) is 24.5 Å². The molecule has 1 aromatic heterocycles. The fourth-order valence-corrected chi connectivity index (χ4v) is 5.84. The Bertz CT molecular complexity index is 1530. The average Bonchev–Trinajstić information content (AvgIpc) is 3.58. The summed E-state index contributed by atoms with van der Waals surface area (Å²) in [7, 11) is 0. The minimum Gasteiger partial charge on any atom is -0.376 e. The predicted molar refractivity (Wildman–Crippen MR) is 168 cm³/mol. The van der Waals surface area contributed by atoms with Crippen molar-refractivity contribution in [2.24, 2.45) is 0 Å². The number of nitrogens with zero attached hydrogens (tertiary/aromatic N) is 5. The Kier molecular flexibility index (Phi) is 8.96. The highest BCUT2D eigenvalue weighted by Gasteiger charge is 2.29. The first-order valence-corrected chi connectivity index (χ1v) is 15.1. The summed E-state index contributed by atoms with van der Waals surface area (Å²) >= 11 is 6.32.